The zero-order valence-corrected chi connectivity index (χ0v) is 12.2. The van der Waals surface area contributed by atoms with Crippen LogP contribution in [0.5, 0.6) is 0 Å². The molecule has 2 N–H and O–H groups in total. The summed E-state index contributed by atoms with van der Waals surface area (Å²) in [6.45, 7) is 0.885. The molecule has 2 heterocycles. The number of halogens is 4. The summed E-state index contributed by atoms with van der Waals surface area (Å²) >= 11 is 0. The van der Waals surface area contributed by atoms with Crippen molar-refractivity contribution in [2.45, 2.75) is 18.3 Å². The lowest BCUT2D eigenvalue weighted by atomic mass is 10.1. The van der Waals surface area contributed by atoms with E-state index in [1.54, 1.807) is 6.20 Å². The van der Waals surface area contributed by atoms with Gasteiger partial charge in [0.05, 0.1) is 29.4 Å². The predicted molar refractivity (Wildman–Crippen MR) is 74.6 cm³/mol. The highest BCUT2D eigenvalue weighted by molar-refractivity contribution is 5.95. The fourth-order valence-electron chi connectivity index (χ4n) is 2.61. The van der Waals surface area contributed by atoms with Crippen LogP contribution in [0.4, 0.5) is 17.6 Å². The molecule has 6 nitrogen and oxygen atoms in total. The summed E-state index contributed by atoms with van der Waals surface area (Å²) < 4.78 is 53.5. The standard InChI is InChI=1S/C14H13F4N5O/c15-10-2-1-8(14(16,17)18)5-9(10)13(24)21-11-6-19-7-12(11)23-4-3-20-22-23/h1-5,11-12,19H,6-7H2,(H,21,24)/t11-,12+/m1/s1. The van der Waals surface area contributed by atoms with Crippen molar-refractivity contribution in [1.29, 1.82) is 0 Å². The van der Waals surface area contributed by atoms with Gasteiger partial charge in [0.1, 0.15) is 5.82 Å². The van der Waals surface area contributed by atoms with Crippen LogP contribution in [0.25, 0.3) is 0 Å². The van der Waals surface area contributed by atoms with Crippen LogP contribution in [0.3, 0.4) is 0 Å². The summed E-state index contributed by atoms with van der Waals surface area (Å²) in [5.74, 6) is -1.92. The molecular formula is C14H13F4N5O. The molecular weight excluding hydrogens is 330 g/mol. The topological polar surface area (TPSA) is 71.8 Å². The summed E-state index contributed by atoms with van der Waals surface area (Å²) in [6.07, 6.45) is -1.56. The number of alkyl halides is 3. The molecule has 0 radical (unpaired) electrons. The molecule has 1 saturated heterocycles. The number of nitrogens with one attached hydrogen (secondary N) is 2. The van der Waals surface area contributed by atoms with Crippen molar-refractivity contribution in [3.05, 3.63) is 47.5 Å². The van der Waals surface area contributed by atoms with E-state index < -0.39 is 35.1 Å². The lowest BCUT2D eigenvalue weighted by Gasteiger charge is -2.20. The Morgan fingerprint density at radius 1 is 1.33 bits per heavy atom. The van der Waals surface area contributed by atoms with E-state index in [0.717, 1.165) is 0 Å². The number of aromatic nitrogens is 3. The van der Waals surface area contributed by atoms with Crippen LogP contribution < -0.4 is 10.6 Å². The third kappa shape index (κ3) is 3.23. The Morgan fingerprint density at radius 3 is 2.79 bits per heavy atom. The number of hydrogen-bond donors (Lipinski definition) is 2. The molecule has 2 atom stereocenters. The maximum Gasteiger partial charge on any atom is 0.416 e. The van der Waals surface area contributed by atoms with E-state index in [0.29, 0.717) is 31.3 Å². The molecule has 0 spiro atoms. The maximum absolute atomic E-state index is 13.8. The molecule has 1 aromatic heterocycles. The minimum absolute atomic E-state index is 0.259. The van der Waals surface area contributed by atoms with Gasteiger partial charge in [0.15, 0.2) is 0 Å². The van der Waals surface area contributed by atoms with E-state index in [2.05, 4.69) is 20.9 Å². The average Bonchev–Trinajstić information content (AvgIpc) is 3.16. The van der Waals surface area contributed by atoms with Crippen molar-refractivity contribution in [2.75, 3.05) is 13.1 Å². The second kappa shape index (κ2) is 6.19. The third-order valence-corrected chi connectivity index (χ3v) is 3.82. The molecule has 1 aliphatic rings. The molecule has 10 heteroatoms. The quantitative estimate of drug-likeness (QED) is 0.826. The number of nitrogens with zero attached hydrogens (tertiary/aromatic N) is 3. The van der Waals surface area contributed by atoms with Crippen molar-refractivity contribution in [3.8, 4) is 0 Å². The van der Waals surface area contributed by atoms with Gasteiger partial charge in [-0.05, 0) is 18.2 Å². The van der Waals surface area contributed by atoms with Gasteiger partial charge in [-0.25, -0.2) is 9.07 Å². The molecule has 0 saturated carbocycles. The number of carbonyl (C=O) groups is 1. The van der Waals surface area contributed by atoms with Crippen molar-refractivity contribution in [1.82, 2.24) is 25.6 Å². The van der Waals surface area contributed by atoms with Gasteiger partial charge in [-0.2, -0.15) is 13.2 Å². The molecule has 24 heavy (non-hydrogen) atoms. The van der Waals surface area contributed by atoms with Gasteiger partial charge in [0.25, 0.3) is 5.91 Å². The third-order valence-electron chi connectivity index (χ3n) is 3.82. The zero-order valence-electron chi connectivity index (χ0n) is 12.2. The Labute approximate surface area is 133 Å². The number of benzene rings is 1. The first kappa shape index (κ1) is 16.4. The van der Waals surface area contributed by atoms with Crippen LogP contribution >= 0.6 is 0 Å². The van der Waals surface area contributed by atoms with Gasteiger partial charge < -0.3 is 10.6 Å². The lowest BCUT2D eigenvalue weighted by molar-refractivity contribution is -0.137. The first-order valence-electron chi connectivity index (χ1n) is 7.10. The maximum atomic E-state index is 13.8. The molecule has 0 unspecified atom stereocenters. The van der Waals surface area contributed by atoms with Crippen LogP contribution in [0, 0.1) is 5.82 Å². The minimum atomic E-state index is -4.65. The summed E-state index contributed by atoms with van der Waals surface area (Å²) in [5, 5.41) is 13.1. The predicted octanol–water partition coefficient (Wildman–Crippen LogP) is 1.38. The van der Waals surface area contributed by atoms with Crippen LogP contribution in [-0.4, -0.2) is 40.0 Å². The smallest absolute Gasteiger partial charge is 0.346 e. The lowest BCUT2D eigenvalue weighted by Crippen LogP contribution is -2.41. The first-order chi connectivity index (χ1) is 11.4. The minimum Gasteiger partial charge on any atom is -0.346 e. The molecule has 0 aliphatic carbocycles. The molecule has 1 aliphatic heterocycles. The Morgan fingerprint density at radius 2 is 2.12 bits per heavy atom. The largest absolute Gasteiger partial charge is 0.416 e. The Balaban J connectivity index is 1.80. The fourth-order valence-corrected chi connectivity index (χ4v) is 2.61. The first-order valence-corrected chi connectivity index (χ1v) is 7.10. The SMILES string of the molecule is O=C(N[C@@H]1CNC[C@@H]1n1ccnn1)c1cc(C(F)(F)F)ccc1F. The van der Waals surface area contributed by atoms with E-state index >= 15 is 0 Å². The van der Waals surface area contributed by atoms with Crippen LogP contribution in [-0.2, 0) is 6.18 Å². The molecule has 3 rings (SSSR count). The van der Waals surface area contributed by atoms with Gasteiger partial charge in [-0.15, -0.1) is 5.10 Å². The van der Waals surface area contributed by atoms with Gasteiger partial charge in [-0.1, -0.05) is 5.21 Å². The number of rotatable bonds is 3. The highest BCUT2D eigenvalue weighted by Gasteiger charge is 2.34. The van der Waals surface area contributed by atoms with E-state index in [1.165, 1.54) is 10.9 Å². The Bertz CT molecular complexity index is 731. The molecule has 2 aromatic rings. The summed E-state index contributed by atoms with van der Waals surface area (Å²) in [7, 11) is 0. The van der Waals surface area contributed by atoms with Crippen molar-refractivity contribution < 1.29 is 22.4 Å². The fraction of sp³-hybridized carbons (Fsp3) is 0.357. The molecule has 128 valence electrons. The monoisotopic (exact) mass is 343 g/mol. The van der Waals surface area contributed by atoms with Crippen molar-refractivity contribution in [2.24, 2.45) is 0 Å². The molecule has 1 amide bonds. The zero-order chi connectivity index (χ0) is 17.3. The second-order valence-corrected chi connectivity index (χ2v) is 5.38. The van der Waals surface area contributed by atoms with E-state index in [9.17, 15) is 22.4 Å². The Kier molecular flexibility index (Phi) is 4.22. The van der Waals surface area contributed by atoms with Gasteiger partial charge in [0, 0.05) is 19.3 Å². The summed E-state index contributed by atoms with van der Waals surface area (Å²) in [6, 6.07) is 1.04. The average molecular weight is 343 g/mol. The van der Waals surface area contributed by atoms with Gasteiger partial charge in [-0.3, -0.25) is 4.79 Å². The van der Waals surface area contributed by atoms with E-state index in [4.69, 9.17) is 0 Å². The van der Waals surface area contributed by atoms with Crippen LogP contribution in [0.1, 0.15) is 22.0 Å². The number of hydrogen-bond acceptors (Lipinski definition) is 4. The van der Waals surface area contributed by atoms with E-state index in [1.807, 2.05) is 0 Å². The molecule has 1 fully saturated rings. The highest BCUT2D eigenvalue weighted by Crippen LogP contribution is 2.30. The Hall–Kier alpha value is -2.49. The number of carbonyl (C=O) groups excluding carboxylic acids is 1. The summed E-state index contributed by atoms with van der Waals surface area (Å²) in [5.41, 5.74) is -1.72. The highest BCUT2D eigenvalue weighted by atomic mass is 19.4. The number of amides is 1. The summed E-state index contributed by atoms with van der Waals surface area (Å²) in [4.78, 5) is 12.2. The van der Waals surface area contributed by atoms with Crippen molar-refractivity contribution >= 4 is 5.91 Å². The molecule has 0 bridgehead atoms. The second-order valence-electron chi connectivity index (χ2n) is 5.38. The van der Waals surface area contributed by atoms with E-state index in [-0.39, 0.29) is 6.04 Å². The molecule has 1 aromatic carbocycles. The van der Waals surface area contributed by atoms with Crippen LogP contribution in [0.15, 0.2) is 30.6 Å². The van der Waals surface area contributed by atoms with Crippen LogP contribution in [0.2, 0.25) is 0 Å². The van der Waals surface area contributed by atoms with Gasteiger partial charge >= 0.3 is 6.18 Å². The van der Waals surface area contributed by atoms with Gasteiger partial charge in [0.2, 0.25) is 0 Å². The normalized spacial score (nSPS) is 21.0. The van der Waals surface area contributed by atoms with Crippen molar-refractivity contribution in [3.63, 3.8) is 0 Å².